The largest absolute Gasteiger partial charge is 0.337 e. The van der Waals surface area contributed by atoms with E-state index in [4.69, 9.17) is 0 Å². The zero-order valence-corrected chi connectivity index (χ0v) is 12.4. The molecule has 0 saturated carbocycles. The minimum absolute atomic E-state index is 0.364. The predicted molar refractivity (Wildman–Crippen MR) is 81.8 cm³/mol. The van der Waals surface area contributed by atoms with Gasteiger partial charge in [-0.1, -0.05) is 24.3 Å². The Labute approximate surface area is 126 Å². The lowest BCUT2D eigenvalue weighted by Crippen LogP contribution is -2.52. The van der Waals surface area contributed by atoms with E-state index in [2.05, 4.69) is 39.4 Å². The molecule has 0 radical (unpaired) electrons. The first kappa shape index (κ1) is 13.3. The Kier molecular flexibility index (Phi) is 3.43. The summed E-state index contributed by atoms with van der Waals surface area (Å²) in [5.41, 5.74) is 2.92. The maximum absolute atomic E-state index is 11.8. The number of benzene rings is 1. The first-order valence-electron chi connectivity index (χ1n) is 8.15. The Hall–Kier alpha value is -1.39. The Morgan fingerprint density at radius 1 is 1.14 bits per heavy atom. The van der Waals surface area contributed by atoms with Crippen molar-refractivity contribution in [2.45, 2.75) is 37.9 Å². The van der Waals surface area contributed by atoms with Crippen molar-refractivity contribution >= 4 is 5.91 Å². The first-order valence-corrected chi connectivity index (χ1v) is 8.15. The molecule has 1 aromatic carbocycles. The minimum atomic E-state index is 0.364. The fourth-order valence-corrected chi connectivity index (χ4v) is 4.19. The molecule has 0 aromatic heterocycles. The Morgan fingerprint density at radius 3 is 3.00 bits per heavy atom. The van der Waals surface area contributed by atoms with Crippen LogP contribution in [0, 0.1) is 0 Å². The maximum atomic E-state index is 11.8. The fraction of sp³-hybridized carbons (Fsp3) is 0.588. The molecule has 21 heavy (non-hydrogen) atoms. The number of fused-ring (bicyclic) bond motifs is 2. The molecule has 1 amide bonds. The minimum Gasteiger partial charge on any atom is -0.337 e. The van der Waals surface area contributed by atoms with Crippen LogP contribution in [0.1, 0.15) is 36.4 Å². The van der Waals surface area contributed by atoms with Crippen molar-refractivity contribution in [3.05, 3.63) is 35.4 Å². The van der Waals surface area contributed by atoms with Gasteiger partial charge in [-0.05, 0) is 30.5 Å². The van der Waals surface area contributed by atoms with Crippen molar-refractivity contribution < 1.29 is 4.79 Å². The highest BCUT2D eigenvalue weighted by molar-refractivity contribution is 5.78. The quantitative estimate of drug-likeness (QED) is 0.850. The summed E-state index contributed by atoms with van der Waals surface area (Å²) >= 11 is 0. The van der Waals surface area contributed by atoms with Crippen LogP contribution < -0.4 is 5.32 Å². The number of rotatable bonds is 1. The lowest BCUT2D eigenvalue weighted by Gasteiger charge is -2.42. The van der Waals surface area contributed by atoms with Gasteiger partial charge in [0.1, 0.15) is 0 Å². The second kappa shape index (κ2) is 5.43. The van der Waals surface area contributed by atoms with Gasteiger partial charge in [-0.3, -0.25) is 9.69 Å². The molecule has 4 nitrogen and oxygen atoms in total. The van der Waals surface area contributed by atoms with E-state index in [0.717, 1.165) is 52.0 Å². The van der Waals surface area contributed by atoms with Gasteiger partial charge in [-0.25, -0.2) is 0 Å². The molecule has 4 rings (SSSR count). The van der Waals surface area contributed by atoms with E-state index in [0.29, 0.717) is 18.0 Å². The molecule has 0 bridgehead atoms. The number of amides is 1. The molecule has 2 atom stereocenters. The van der Waals surface area contributed by atoms with E-state index >= 15 is 0 Å². The number of piperazine rings is 1. The van der Waals surface area contributed by atoms with Crippen LogP contribution in [-0.4, -0.2) is 47.9 Å². The fourth-order valence-electron chi connectivity index (χ4n) is 4.19. The van der Waals surface area contributed by atoms with E-state index in [1.165, 1.54) is 11.1 Å². The van der Waals surface area contributed by atoms with E-state index in [9.17, 15) is 4.79 Å². The van der Waals surface area contributed by atoms with Crippen LogP contribution in [0.5, 0.6) is 0 Å². The van der Waals surface area contributed by atoms with Crippen molar-refractivity contribution in [1.82, 2.24) is 15.1 Å². The van der Waals surface area contributed by atoms with Gasteiger partial charge in [0.25, 0.3) is 0 Å². The molecule has 0 aliphatic carbocycles. The average Bonchev–Trinajstić information content (AvgIpc) is 2.76. The number of nitrogens with zero attached hydrogens (tertiary/aromatic N) is 2. The van der Waals surface area contributed by atoms with Crippen LogP contribution in [0.3, 0.4) is 0 Å². The van der Waals surface area contributed by atoms with Gasteiger partial charge in [0.2, 0.25) is 5.91 Å². The third-order valence-electron chi connectivity index (χ3n) is 5.29. The van der Waals surface area contributed by atoms with Crippen molar-refractivity contribution in [3.63, 3.8) is 0 Å². The third-order valence-corrected chi connectivity index (χ3v) is 5.29. The van der Waals surface area contributed by atoms with Crippen LogP contribution in [-0.2, 0) is 11.3 Å². The number of nitrogens with one attached hydrogen (secondary N) is 1. The summed E-state index contributed by atoms with van der Waals surface area (Å²) in [4.78, 5) is 16.6. The van der Waals surface area contributed by atoms with Crippen LogP contribution >= 0.6 is 0 Å². The number of hydrogen-bond donors (Lipinski definition) is 1. The van der Waals surface area contributed by atoms with E-state index < -0.39 is 0 Å². The van der Waals surface area contributed by atoms with Crippen molar-refractivity contribution in [2.75, 3.05) is 26.2 Å². The number of carbonyl (C=O) groups excluding carboxylic acids is 1. The monoisotopic (exact) mass is 285 g/mol. The summed E-state index contributed by atoms with van der Waals surface area (Å²) in [5.74, 6) is 0.364. The summed E-state index contributed by atoms with van der Waals surface area (Å²) in [6, 6.07) is 9.79. The van der Waals surface area contributed by atoms with Crippen LogP contribution in [0.15, 0.2) is 24.3 Å². The van der Waals surface area contributed by atoms with Crippen molar-refractivity contribution in [2.24, 2.45) is 0 Å². The zero-order chi connectivity index (χ0) is 14.2. The molecule has 3 aliphatic heterocycles. The Morgan fingerprint density at radius 2 is 2.05 bits per heavy atom. The molecule has 3 heterocycles. The normalized spacial score (nSPS) is 29.9. The molecule has 2 saturated heterocycles. The molecule has 2 unspecified atom stereocenters. The van der Waals surface area contributed by atoms with Crippen molar-refractivity contribution in [3.8, 4) is 0 Å². The molecule has 2 fully saturated rings. The van der Waals surface area contributed by atoms with Gasteiger partial charge in [-0.2, -0.15) is 0 Å². The van der Waals surface area contributed by atoms with Crippen LogP contribution in [0.25, 0.3) is 0 Å². The maximum Gasteiger partial charge on any atom is 0.222 e. The van der Waals surface area contributed by atoms with Gasteiger partial charge in [0.15, 0.2) is 0 Å². The molecule has 3 aliphatic rings. The summed E-state index contributed by atoms with van der Waals surface area (Å²) in [5, 5.41) is 3.53. The van der Waals surface area contributed by atoms with Crippen LogP contribution in [0.2, 0.25) is 0 Å². The van der Waals surface area contributed by atoms with Crippen LogP contribution in [0.4, 0.5) is 0 Å². The lowest BCUT2D eigenvalue weighted by molar-refractivity contribution is -0.131. The third kappa shape index (κ3) is 2.36. The Balaban J connectivity index is 1.58. The topological polar surface area (TPSA) is 35.6 Å². The van der Waals surface area contributed by atoms with Gasteiger partial charge >= 0.3 is 0 Å². The van der Waals surface area contributed by atoms with Gasteiger partial charge < -0.3 is 10.2 Å². The highest BCUT2D eigenvalue weighted by atomic mass is 16.2. The summed E-state index contributed by atoms with van der Waals surface area (Å²) in [7, 11) is 0. The highest BCUT2D eigenvalue weighted by Gasteiger charge is 2.38. The van der Waals surface area contributed by atoms with Gasteiger partial charge in [0.05, 0.1) is 0 Å². The van der Waals surface area contributed by atoms with Gasteiger partial charge in [-0.15, -0.1) is 0 Å². The molecule has 4 heteroatoms. The van der Waals surface area contributed by atoms with E-state index in [1.807, 2.05) is 0 Å². The SMILES string of the molecule is O=C1CCC2CN(C3CCNCc4ccccc43)CCN12. The predicted octanol–water partition coefficient (Wildman–Crippen LogP) is 1.53. The van der Waals surface area contributed by atoms with E-state index in [1.54, 1.807) is 0 Å². The number of hydrogen-bond acceptors (Lipinski definition) is 3. The molecule has 1 aromatic rings. The second-order valence-electron chi connectivity index (χ2n) is 6.45. The zero-order valence-electron chi connectivity index (χ0n) is 12.4. The molecular weight excluding hydrogens is 262 g/mol. The molecular formula is C17H23N3O. The Bertz CT molecular complexity index is 545. The number of carbonyl (C=O) groups is 1. The standard InChI is InChI=1S/C17H23N3O/c21-17-6-5-14-12-19(9-10-20(14)17)16-7-8-18-11-13-3-1-2-4-15(13)16/h1-4,14,16,18H,5-12H2. The summed E-state index contributed by atoms with van der Waals surface area (Å²) in [6.07, 6.45) is 2.96. The highest BCUT2D eigenvalue weighted by Crippen LogP contribution is 2.33. The second-order valence-corrected chi connectivity index (χ2v) is 6.45. The summed E-state index contributed by atoms with van der Waals surface area (Å²) < 4.78 is 0. The lowest BCUT2D eigenvalue weighted by atomic mass is 9.96. The summed E-state index contributed by atoms with van der Waals surface area (Å²) in [6.45, 7) is 5.03. The average molecular weight is 285 g/mol. The van der Waals surface area contributed by atoms with Gasteiger partial charge in [0, 0.05) is 44.7 Å². The molecule has 112 valence electrons. The first-order chi connectivity index (χ1) is 10.3. The smallest absolute Gasteiger partial charge is 0.222 e. The van der Waals surface area contributed by atoms with E-state index in [-0.39, 0.29) is 0 Å². The molecule has 0 spiro atoms. The molecule has 1 N–H and O–H groups in total. The van der Waals surface area contributed by atoms with Crippen molar-refractivity contribution in [1.29, 1.82) is 0 Å².